The van der Waals surface area contributed by atoms with Gasteiger partial charge in [0.15, 0.2) is 0 Å². The van der Waals surface area contributed by atoms with E-state index in [9.17, 15) is 9.59 Å². The van der Waals surface area contributed by atoms with Crippen molar-refractivity contribution in [2.24, 2.45) is 5.92 Å². The average Bonchev–Trinajstić information content (AvgIpc) is 3.62. The van der Waals surface area contributed by atoms with Gasteiger partial charge in [-0.2, -0.15) is 16.6 Å². The van der Waals surface area contributed by atoms with Crippen LogP contribution in [0.25, 0.3) is 53.8 Å². The third kappa shape index (κ3) is 9.81. The predicted octanol–water partition coefficient (Wildman–Crippen LogP) is 11.3. The molecule has 0 aliphatic heterocycles. The molecule has 0 saturated carbocycles. The van der Waals surface area contributed by atoms with Gasteiger partial charge in [0.2, 0.25) is 0 Å². The van der Waals surface area contributed by atoms with Gasteiger partial charge in [-0.1, -0.05) is 106 Å². The van der Waals surface area contributed by atoms with Gasteiger partial charge in [-0.05, 0) is 79.8 Å². The minimum atomic E-state index is -1.79. The molecule has 0 amide bonds. The fourth-order valence-corrected chi connectivity index (χ4v) is 9.10. The Bertz CT molecular complexity index is 2610. The summed E-state index contributed by atoms with van der Waals surface area (Å²) in [6.45, 7) is 14.6. The number of thiophene rings is 1. The van der Waals surface area contributed by atoms with Crippen molar-refractivity contribution in [2.45, 2.75) is 59.6 Å². The molecule has 3 heterocycles. The van der Waals surface area contributed by atoms with Gasteiger partial charge in [0.1, 0.15) is 0 Å². The maximum atomic E-state index is 11.5. The number of carbonyl (C=O) groups is 2. The molecule has 11 heteroatoms. The van der Waals surface area contributed by atoms with Crippen molar-refractivity contribution in [1.82, 2.24) is 9.97 Å². The van der Waals surface area contributed by atoms with Crippen LogP contribution in [0.5, 0.6) is 0 Å². The number of pyridine rings is 2. The summed E-state index contributed by atoms with van der Waals surface area (Å²) in [7, 11) is -1.79. The number of fused-ring (bicyclic) bond motifs is 3. The van der Waals surface area contributed by atoms with Crippen molar-refractivity contribution in [3.63, 3.8) is 0 Å². The van der Waals surface area contributed by atoms with Crippen LogP contribution in [0.3, 0.4) is 0 Å². The van der Waals surface area contributed by atoms with Crippen LogP contribution >= 0.6 is 11.3 Å². The molecule has 0 spiro atoms. The molecule has 0 atom stereocenters. The summed E-state index contributed by atoms with van der Waals surface area (Å²) >= 11 is 1.73. The monoisotopic (exact) mass is 975 g/mol. The van der Waals surface area contributed by atoms with E-state index < -0.39 is 26.4 Å². The first kappa shape index (κ1) is 40.3. The minimum absolute atomic E-state index is 0. The van der Waals surface area contributed by atoms with E-state index in [0.717, 1.165) is 32.3 Å². The number of hydrogen-bond donors (Lipinski definition) is 2. The van der Waals surface area contributed by atoms with E-state index in [1.807, 2.05) is 44.3 Å². The van der Waals surface area contributed by atoms with Crippen molar-refractivity contribution in [3.8, 4) is 33.6 Å². The van der Waals surface area contributed by atoms with Crippen molar-refractivity contribution in [1.29, 1.82) is 0 Å². The number of nitrogens with zero attached hydrogens (tertiary/aromatic N) is 2. The second kappa shape index (κ2) is 18.6. The Labute approximate surface area is 354 Å². The van der Waals surface area contributed by atoms with Crippen LogP contribution in [-0.4, -0.2) is 40.5 Å². The van der Waals surface area contributed by atoms with Gasteiger partial charge in [-0.3, -0.25) is 9.68 Å². The van der Waals surface area contributed by atoms with Crippen LogP contribution in [0.4, 0.5) is 0 Å². The zero-order valence-corrected chi connectivity index (χ0v) is 36.8. The summed E-state index contributed by atoms with van der Waals surface area (Å²) in [5, 5.41) is 20.4. The molecule has 8 nitrogen and oxygen atoms in total. The second-order valence-corrected chi connectivity index (χ2v) is 21.1. The normalized spacial score (nSPS) is 12.1. The second-order valence-electron chi connectivity index (χ2n) is 15.0. The van der Waals surface area contributed by atoms with Crippen LogP contribution in [0.2, 0.25) is 19.6 Å². The van der Waals surface area contributed by atoms with E-state index in [1.54, 1.807) is 41.8 Å². The van der Waals surface area contributed by atoms with Gasteiger partial charge < -0.3 is 14.9 Å². The van der Waals surface area contributed by atoms with Gasteiger partial charge >= 0.3 is 11.9 Å². The molecule has 0 bridgehead atoms. The molecule has 0 saturated heterocycles. The molecule has 0 aliphatic rings. The molecule has 57 heavy (non-hydrogen) atoms. The molecule has 7 aromatic rings. The molecule has 4 aromatic carbocycles. The largest absolute Gasteiger partial charge is 0.372 e. The summed E-state index contributed by atoms with van der Waals surface area (Å²) in [6, 6.07) is 34.3. The maximum Gasteiger partial charge on any atom is 0.372 e. The first-order valence-electron chi connectivity index (χ1n) is 19.2. The quantitative estimate of drug-likeness (QED) is 0.0635. The summed E-state index contributed by atoms with van der Waals surface area (Å²) in [5.41, 5.74) is 7.65. The maximum absolute atomic E-state index is 11.5. The van der Waals surface area contributed by atoms with E-state index in [1.165, 1.54) is 33.2 Å². The average molecular weight is 975 g/mol. The van der Waals surface area contributed by atoms with E-state index in [-0.39, 0.29) is 31.6 Å². The molecule has 0 fully saturated rings. The van der Waals surface area contributed by atoms with Gasteiger partial charge in [0.25, 0.3) is 0 Å². The third-order valence-electron chi connectivity index (χ3n) is 9.24. The van der Waals surface area contributed by atoms with Gasteiger partial charge in [0, 0.05) is 39.9 Å². The molecule has 2 N–H and O–H groups in total. The van der Waals surface area contributed by atoms with Crippen LogP contribution < -0.4 is 5.19 Å². The molecule has 1 radical (unpaired) electrons. The van der Waals surface area contributed by atoms with Gasteiger partial charge in [-0.15, -0.1) is 53.6 Å². The Morgan fingerprint density at radius 2 is 1.51 bits per heavy atom. The Morgan fingerprint density at radius 1 is 0.825 bits per heavy atom. The summed E-state index contributed by atoms with van der Waals surface area (Å²) < 4.78 is 19.5. The number of aromatic nitrogens is 2. The molecule has 0 unspecified atom stereocenters. The van der Waals surface area contributed by atoms with Crippen molar-refractivity contribution in [3.05, 3.63) is 138 Å². The van der Waals surface area contributed by atoms with Gasteiger partial charge in [-0.25, -0.2) is 10.1 Å². The van der Waals surface area contributed by atoms with Crippen molar-refractivity contribution < 1.29 is 52.7 Å². The van der Waals surface area contributed by atoms with E-state index >= 15 is 0 Å². The Balaban J connectivity index is 0.000000226. The van der Waals surface area contributed by atoms with E-state index in [0.29, 0.717) is 28.3 Å². The topological polar surface area (TPSA) is 119 Å². The summed E-state index contributed by atoms with van der Waals surface area (Å²) in [4.78, 5) is 39.6. The number of carbonyl (C=O) groups excluding carboxylic acids is 2. The van der Waals surface area contributed by atoms with E-state index in [2.05, 4.69) is 95.7 Å². The SMILES string of the molecule is CC(C)c1ccnc(-c2[c-]ccc3c2sc2c(-c4ccc(C(=O)OO)cc4)cccc23)c1.[2H]C([2H])(c1cc(-c2[c-]cc(C(=O)OO)cc2)ncc1[Si](C)(C)C)C(C)C.[Ir]. The molecular formula is C46H44IrN2O6SSi-2. The Kier molecular flexibility index (Phi) is 13.2. The summed E-state index contributed by atoms with van der Waals surface area (Å²) in [5.74, 6) is -1.38. The molecular weight excluding hydrogens is 929 g/mol. The van der Waals surface area contributed by atoms with Crippen LogP contribution in [0.15, 0.2) is 103 Å². The van der Waals surface area contributed by atoms with Crippen LogP contribution in [0.1, 0.15) is 68.2 Å². The zero-order valence-electron chi connectivity index (χ0n) is 34.6. The van der Waals surface area contributed by atoms with Gasteiger partial charge in [0.05, 0.1) is 13.6 Å². The first-order chi connectivity index (χ1) is 27.5. The Hall–Kier alpha value is -4.87. The van der Waals surface area contributed by atoms with Crippen LogP contribution in [-0.2, 0) is 36.3 Å². The molecule has 0 aliphatic carbocycles. The smallest absolute Gasteiger partial charge is 0.306 e. The standard InChI is InChI=1S/C27H20NO3S.C19H24NO3Si.Ir/c1-16(2)19-13-14-28-24(15-19)23-8-4-7-22-21-6-3-5-20(25(21)32-26(22)23)17-9-11-18(12-10-17)27(29)31-30;1-13(2)10-16-11-17(20-12-18(16)24(3,4)5)14-6-8-15(9-7-14)19(21)23-22;/h3-7,9-16,30H,1-2H3;6,8-9,11-13,22H,10H2,1-5H3;/q2*-1;/i;10D2;. The summed E-state index contributed by atoms with van der Waals surface area (Å²) in [6.07, 6.45) is 2.17. The number of hydrogen-bond acceptors (Lipinski definition) is 9. The van der Waals surface area contributed by atoms with E-state index in [4.69, 9.17) is 13.3 Å². The Morgan fingerprint density at radius 3 is 2.14 bits per heavy atom. The molecule has 295 valence electrons. The fraction of sp³-hybridized carbons (Fsp3) is 0.217. The van der Waals surface area contributed by atoms with Crippen molar-refractivity contribution >= 4 is 56.7 Å². The minimum Gasteiger partial charge on any atom is -0.306 e. The zero-order chi connectivity index (χ0) is 41.9. The van der Waals surface area contributed by atoms with Crippen molar-refractivity contribution in [2.75, 3.05) is 0 Å². The first-order valence-corrected chi connectivity index (χ1v) is 22.5. The third-order valence-corrected chi connectivity index (χ3v) is 12.5. The molecule has 3 aromatic heterocycles. The number of rotatable bonds is 9. The number of benzene rings is 4. The van der Waals surface area contributed by atoms with Crippen LogP contribution in [0, 0.1) is 18.1 Å². The molecule has 7 rings (SSSR count). The fourth-order valence-electron chi connectivity index (χ4n) is 6.36. The predicted molar refractivity (Wildman–Crippen MR) is 227 cm³/mol.